The van der Waals surface area contributed by atoms with Crippen LogP contribution in [0.2, 0.25) is 0 Å². The summed E-state index contributed by atoms with van der Waals surface area (Å²) in [7, 11) is 0. The Bertz CT molecular complexity index is 1600. The monoisotopic (exact) mass is 777 g/mol. The lowest BCUT2D eigenvalue weighted by molar-refractivity contribution is -0.138. The number of carbonyl (C=O) groups is 7. The Morgan fingerprint density at radius 3 is 1.96 bits per heavy atom. The second-order valence-electron chi connectivity index (χ2n) is 15.7. The summed E-state index contributed by atoms with van der Waals surface area (Å²) in [5.74, 6) is -3.49. The van der Waals surface area contributed by atoms with Gasteiger partial charge in [-0.1, -0.05) is 71.9 Å². The molecule has 13 nitrogen and oxygen atoms in total. The van der Waals surface area contributed by atoms with Gasteiger partial charge in [0.05, 0.1) is 12.1 Å². The number of hydrogen-bond acceptors (Lipinski definition) is 8. The average molecular weight is 778 g/mol. The van der Waals surface area contributed by atoms with Crippen LogP contribution >= 0.6 is 0 Å². The van der Waals surface area contributed by atoms with Gasteiger partial charge in [-0.25, -0.2) is 4.79 Å². The number of aromatic nitrogens is 1. The summed E-state index contributed by atoms with van der Waals surface area (Å²) in [5, 5.41) is 17.3. The molecule has 308 valence electrons. The van der Waals surface area contributed by atoms with E-state index in [0.29, 0.717) is 24.7 Å². The number of benzene rings is 1. The first-order chi connectivity index (χ1) is 26.4. The molecule has 1 heterocycles. The molecule has 2 rings (SSSR count). The fourth-order valence-electron chi connectivity index (χ4n) is 6.14. The molecule has 0 saturated carbocycles. The molecule has 3 atom stereocenters. The number of amides is 4. The Balaban J connectivity index is 2.06. The van der Waals surface area contributed by atoms with Gasteiger partial charge in [0.25, 0.3) is 0 Å². The molecule has 1 aromatic carbocycles. The average Bonchev–Trinajstić information content (AvgIpc) is 3.14. The van der Waals surface area contributed by atoms with Crippen molar-refractivity contribution in [2.24, 2.45) is 23.5 Å². The molecule has 56 heavy (non-hydrogen) atoms. The number of hydrogen-bond donors (Lipinski definition) is 5. The number of carboxylic acids is 1. The number of carbonyl (C=O) groups excluding carboxylic acids is 6. The molecule has 0 bridgehead atoms. The van der Waals surface area contributed by atoms with Gasteiger partial charge in [0.1, 0.15) is 5.78 Å². The van der Waals surface area contributed by atoms with E-state index in [9.17, 15) is 38.7 Å². The van der Waals surface area contributed by atoms with Crippen LogP contribution in [0.4, 0.5) is 4.79 Å². The quantitative estimate of drug-likeness (QED) is 0.0733. The van der Waals surface area contributed by atoms with E-state index < -0.39 is 54.0 Å². The van der Waals surface area contributed by atoms with Crippen LogP contribution in [0.5, 0.6) is 0 Å². The first-order valence-electron chi connectivity index (χ1n) is 19.9. The standard InChI is InChI=1S/C43H63N5O8/c1-27(2)9-16-33-17-12-31(26-46-33)13-18-34(49)19-21-40(52)47-37(20-22-41(53)54)39(51)25-35(29(5)6)42(55)48-36(8-7-23-45-43(44)56)38(50)24-30-10-14-32(15-11-30)28(3)4/h10-12,14-15,17,26-29,35-37H,7-9,13,16,18-25H2,1-6H3,(H,47,52)(H,48,55)(H,53,54)(H3,44,45,56)/t35-,36-,37-/m0/s1. The lowest BCUT2D eigenvalue weighted by Crippen LogP contribution is -2.48. The highest BCUT2D eigenvalue weighted by atomic mass is 16.4. The maximum atomic E-state index is 13.7. The van der Waals surface area contributed by atoms with E-state index in [2.05, 4.69) is 48.6 Å². The van der Waals surface area contributed by atoms with Crippen molar-refractivity contribution in [3.05, 3.63) is 65.0 Å². The number of aryl methyl sites for hydroxylation is 2. The SMILES string of the molecule is CC(C)CCc1ccc(CCC(=O)CCC(=O)N[C@@H](CCC(=O)O)C(=O)C[C@H](C(=O)N[C@@H](CCCNC(N)=O)C(=O)Cc2ccc(C(C)C)cc2)C(C)C)cn1. The Morgan fingerprint density at radius 1 is 0.732 bits per heavy atom. The van der Waals surface area contributed by atoms with Crippen LogP contribution in [-0.2, 0) is 48.0 Å². The molecular formula is C43H63N5O8. The highest BCUT2D eigenvalue weighted by molar-refractivity contribution is 5.95. The Hall–Kier alpha value is -4.94. The van der Waals surface area contributed by atoms with Crippen LogP contribution in [-0.4, -0.2) is 69.9 Å². The summed E-state index contributed by atoms with van der Waals surface area (Å²) >= 11 is 0. The van der Waals surface area contributed by atoms with Crippen LogP contribution < -0.4 is 21.7 Å². The number of rotatable bonds is 27. The summed E-state index contributed by atoms with van der Waals surface area (Å²) in [4.78, 5) is 93.6. The largest absolute Gasteiger partial charge is 0.481 e. The number of primary amides is 1. The molecule has 0 radical (unpaired) electrons. The molecule has 0 aliphatic heterocycles. The van der Waals surface area contributed by atoms with Gasteiger partial charge in [-0.05, 0) is 79.0 Å². The van der Waals surface area contributed by atoms with Gasteiger partial charge in [-0.2, -0.15) is 0 Å². The highest BCUT2D eigenvalue weighted by Crippen LogP contribution is 2.20. The minimum Gasteiger partial charge on any atom is -0.481 e. The molecule has 0 fully saturated rings. The Labute approximate surface area is 331 Å². The van der Waals surface area contributed by atoms with E-state index in [1.54, 1.807) is 20.0 Å². The molecule has 2 aromatic rings. The smallest absolute Gasteiger partial charge is 0.312 e. The third kappa shape index (κ3) is 18.6. The van der Waals surface area contributed by atoms with Gasteiger partial charge in [-0.15, -0.1) is 0 Å². The van der Waals surface area contributed by atoms with Crippen molar-refractivity contribution >= 4 is 41.2 Å². The van der Waals surface area contributed by atoms with E-state index in [1.165, 1.54) is 0 Å². The molecule has 0 saturated heterocycles. The van der Waals surface area contributed by atoms with Crippen molar-refractivity contribution in [3.63, 3.8) is 0 Å². The molecule has 0 aliphatic rings. The van der Waals surface area contributed by atoms with Crippen molar-refractivity contribution < 1.29 is 38.7 Å². The van der Waals surface area contributed by atoms with Crippen LogP contribution in [0.25, 0.3) is 0 Å². The van der Waals surface area contributed by atoms with Gasteiger partial charge in [-0.3, -0.25) is 33.8 Å². The van der Waals surface area contributed by atoms with Crippen molar-refractivity contribution in [2.45, 2.75) is 137 Å². The summed E-state index contributed by atoms with van der Waals surface area (Å²) in [6.45, 7) is 12.2. The van der Waals surface area contributed by atoms with E-state index >= 15 is 0 Å². The first-order valence-corrected chi connectivity index (χ1v) is 19.9. The number of aliphatic carboxylic acids is 1. The zero-order valence-electron chi connectivity index (χ0n) is 34.0. The predicted octanol–water partition coefficient (Wildman–Crippen LogP) is 5.40. The summed E-state index contributed by atoms with van der Waals surface area (Å²) in [6, 6.07) is 8.80. The fraction of sp³-hybridized carbons (Fsp3) is 0.581. The molecule has 1 aromatic heterocycles. The van der Waals surface area contributed by atoms with E-state index in [1.807, 2.05) is 36.4 Å². The third-order valence-corrected chi connectivity index (χ3v) is 9.82. The van der Waals surface area contributed by atoms with E-state index in [0.717, 1.165) is 35.2 Å². The van der Waals surface area contributed by atoms with Gasteiger partial charge < -0.3 is 26.8 Å². The first kappa shape index (κ1) is 47.2. The zero-order chi connectivity index (χ0) is 41.8. The topological polar surface area (TPSA) is 215 Å². The van der Waals surface area contributed by atoms with Crippen molar-refractivity contribution in [3.8, 4) is 0 Å². The van der Waals surface area contributed by atoms with Crippen molar-refractivity contribution in [1.29, 1.82) is 0 Å². The minimum absolute atomic E-state index is 0.0468. The lowest BCUT2D eigenvalue weighted by Gasteiger charge is -2.26. The summed E-state index contributed by atoms with van der Waals surface area (Å²) in [5.41, 5.74) is 9.01. The van der Waals surface area contributed by atoms with E-state index in [-0.39, 0.29) is 69.0 Å². The number of pyridine rings is 1. The number of nitrogens with two attached hydrogens (primary N) is 1. The number of ketones is 3. The number of Topliss-reactive ketones (excluding diaryl/α,β-unsaturated/α-hetero) is 3. The van der Waals surface area contributed by atoms with Crippen LogP contribution in [0.3, 0.4) is 0 Å². The minimum atomic E-state index is -1.19. The molecule has 4 amide bonds. The maximum absolute atomic E-state index is 13.7. The molecule has 6 N–H and O–H groups in total. The molecule has 0 aliphatic carbocycles. The van der Waals surface area contributed by atoms with Crippen molar-refractivity contribution in [1.82, 2.24) is 20.9 Å². The van der Waals surface area contributed by atoms with Gasteiger partial charge in [0.2, 0.25) is 11.8 Å². The third-order valence-electron chi connectivity index (χ3n) is 9.82. The van der Waals surface area contributed by atoms with Gasteiger partial charge in [0, 0.05) is 62.9 Å². The normalized spacial score (nSPS) is 12.9. The zero-order valence-corrected chi connectivity index (χ0v) is 34.0. The van der Waals surface area contributed by atoms with Crippen LogP contribution in [0, 0.1) is 17.8 Å². The number of urea groups is 1. The van der Waals surface area contributed by atoms with Gasteiger partial charge >= 0.3 is 12.0 Å². The van der Waals surface area contributed by atoms with Gasteiger partial charge in [0.15, 0.2) is 11.6 Å². The van der Waals surface area contributed by atoms with Crippen molar-refractivity contribution in [2.75, 3.05) is 6.54 Å². The molecule has 0 spiro atoms. The number of nitrogens with zero attached hydrogens (tertiary/aromatic N) is 1. The second-order valence-corrected chi connectivity index (χ2v) is 15.7. The number of carboxylic acid groups (broad SMARTS) is 1. The second kappa shape index (κ2) is 24.5. The predicted molar refractivity (Wildman–Crippen MR) is 215 cm³/mol. The Kier molecular flexibility index (Phi) is 20.7. The molecular weight excluding hydrogens is 714 g/mol. The van der Waals surface area contributed by atoms with E-state index in [4.69, 9.17) is 5.73 Å². The maximum Gasteiger partial charge on any atom is 0.312 e. The highest BCUT2D eigenvalue weighted by Gasteiger charge is 2.32. The number of nitrogens with one attached hydrogen (secondary N) is 3. The van der Waals surface area contributed by atoms with Crippen LogP contribution in [0.1, 0.15) is 128 Å². The van der Waals surface area contributed by atoms with Crippen LogP contribution in [0.15, 0.2) is 42.6 Å². The Morgan fingerprint density at radius 2 is 1.39 bits per heavy atom. The summed E-state index contributed by atoms with van der Waals surface area (Å²) in [6.07, 6.45) is 3.93. The summed E-state index contributed by atoms with van der Waals surface area (Å²) < 4.78 is 0. The molecule has 0 unspecified atom stereocenters. The molecule has 13 heteroatoms. The lowest BCUT2D eigenvalue weighted by atomic mass is 9.86. The fourth-order valence-corrected chi connectivity index (χ4v) is 6.14.